The summed E-state index contributed by atoms with van der Waals surface area (Å²) in [5, 5.41) is 17.4. The number of carbonyl (C=O) groups is 2. The first-order valence-electron chi connectivity index (χ1n) is 10.2. The third-order valence-corrected chi connectivity index (χ3v) is 6.07. The van der Waals surface area contributed by atoms with E-state index in [9.17, 15) is 14.9 Å². The van der Waals surface area contributed by atoms with Crippen LogP contribution >= 0.6 is 0 Å². The van der Waals surface area contributed by atoms with Crippen molar-refractivity contribution in [3.05, 3.63) is 76.7 Å². The lowest BCUT2D eigenvalue weighted by Crippen LogP contribution is -2.47. The predicted octanol–water partition coefficient (Wildman–Crippen LogP) is 2.28. The van der Waals surface area contributed by atoms with Gasteiger partial charge < -0.3 is 15.2 Å². The van der Waals surface area contributed by atoms with Crippen molar-refractivity contribution in [3.63, 3.8) is 0 Å². The highest BCUT2D eigenvalue weighted by Gasteiger charge is 2.61. The van der Waals surface area contributed by atoms with Crippen molar-refractivity contribution in [3.8, 4) is 23.2 Å². The molecule has 1 aromatic heterocycles. The highest BCUT2D eigenvalue weighted by molar-refractivity contribution is 6.16. The number of esters is 1. The maximum Gasteiger partial charge on any atom is 0.325 e. The Hall–Kier alpha value is -4.58. The van der Waals surface area contributed by atoms with Crippen LogP contribution in [0.25, 0.3) is 11.3 Å². The van der Waals surface area contributed by atoms with Gasteiger partial charge in [-0.05, 0) is 13.0 Å². The number of para-hydroxylation sites is 1. The molecule has 9 nitrogen and oxygen atoms in total. The molecule has 1 atom stereocenters. The highest BCUT2D eigenvalue weighted by Crippen LogP contribution is 2.56. The molecule has 5 rings (SSSR count). The second-order valence-corrected chi connectivity index (χ2v) is 7.83. The number of hydrogen-bond donors (Lipinski definition) is 2. The van der Waals surface area contributed by atoms with Crippen LogP contribution in [0.3, 0.4) is 0 Å². The van der Waals surface area contributed by atoms with Crippen LogP contribution < -0.4 is 15.4 Å². The van der Waals surface area contributed by atoms with Crippen LogP contribution in [0.15, 0.2) is 60.0 Å². The van der Waals surface area contributed by atoms with Gasteiger partial charge in [-0.2, -0.15) is 5.26 Å². The molecule has 164 valence electrons. The monoisotopic (exact) mass is 441 g/mol. The van der Waals surface area contributed by atoms with Gasteiger partial charge in [-0.3, -0.25) is 19.6 Å². The van der Waals surface area contributed by atoms with Gasteiger partial charge in [0.05, 0.1) is 18.4 Å². The number of amides is 1. The summed E-state index contributed by atoms with van der Waals surface area (Å²) >= 11 is 0. The van der Waals surface area contributed by atoms with E-state index < -0.39 is 17.3 Å². The first-order chi connectivity index (χ1) is 15.9. The Balaban J connectivity index is 1.85. The van der Waals surface area contributed by atoms with Gasteiger partial charge in [-0.1, -0.05) is 48.0 Å². The number of carbonyl (C=O) groups excluding carboxylic acids is 2. The van der Waals surface area contributed by atoms with E-state index >= 15 is 0 Å². The van der Waals surface area contributed by atoms with E-state index in [1.54, 1.807) is 24.3 Å². The molecule has 0 saturated carbocycles. The number of nitrogens with one attached hydrogen (secondary N) is 1. The average molecular weight is 441 g/mol. The number of fused-ring (bicyclic) bond motifs is 4. The fourth-order valence-electron chi connectivity index (χ4n) is 4.57. The molecular formula is C24H19N5O4. The van der Waals surface area contributed by atoms with Gasteiger partial charge >= 0.3 is 5.97 Å². The SMILES string of the molecule is COC(=O)CN1C(=O)[C@@]2(C(C#N)=C(N)Oc3n[nH]c(-c4ccc(C)cc4)c32)c2ccccc21. The quantitative estimate of drug-likeness (QED) is 0.596. The van der Waals surface area contributed by atoms with Gasteiger partial charge in [0.2, 0.25) is 17.7 Å². The summed E-state index contributed by atoms with van der Waals surface area (Å²) in [6, 6.07) is 16.7. The Morgan fingerprint density at radius 3 is 2.70 bits per heavy atom. The van der Waals surface area contributed by atoms with Crippen molar-refractivity contribution in [2.75, 3.05) is 18.6 Å². The molecule has 3 aromatic rings. The summed E-state index contributed by atoms with van der Waals surface area (Å²) in [7, 11) is 1.25. The molecule has 0 aliphatic carbocycles. The first-order valence-corrected chi connectivity index (χ1v) is 10.2. The van der Waals surface area contributed by atoms with Gasteiger partial charge in [-0.15, -0.1) is 5.10 Å². The molecule has 33 heavy (non-hydrogen) atoms. The lowest BCUT2D eigenvalue weighted by molar-refractivity contribution is -0.140. The van der Waals surface area contributed by atoms with Crippen molar-refractivity contribution in [1.29, 1.82) is 5.26 Å². The molecule has 9 heteroatoms. The molecule has 3 N–H and O–H groups in total. The van der Waals surface area contributed by atoms with E-state index in [1.165, 1.54) is 12.0 Å². The number of aromatic nitrogens is 2. The first kappa shape index (κ1) is 20.3. The standard InChI is InChI=1S/C24H19N5O4/c1-13-7-9-14(10-8-13)20-19-22(28-27-20)33-21(26)16(11-25)24(19)15-5-3-4-6-17(15)29(23(24)31)12-18(30)32-2/h3-10H,12,26H2,1-2H3,(H,27,28)/t24-/m1/s1. The molecule has 2 aromatic carbocycles. The van der Waals surface area contributed by atoms with Crippen molar-refractivity contribution >= 4 is 17.6 Å². The van der Waals surface area contributed by atoms with Crippen LogP contribution in [0.5, 0.6) is 5.88 Å². The summed E-state index contributed by atoms with van der Waals surface area (Å²) < 4.78 is 10.5. The fourth-order valence-corrected chi connectivity index (χ4v) is 4.57. The molecule has 1 spiro atoms. The van der Waals surface area contributed by atoms with Crippen molar-refractivity contribution < 1.29 is 19.1 Å². The van der Waals surface area contributed by atoms with E-state index in [0.29, 0.717) is 22.5 Å². The normalized spacial score (nSPS) is 18.6. The highest BCUT2D eigenvalue weighted by atomic mass is 16.5. The maximum atomic E-state index is 14.2. The number of aromatic amines is 1. The third kappa shape index (κ3) is 2.67. The zero-order chi connectivity index (χ0) is 23.3. The topological polar surface area (TPSA) is 134 Å². The lowest BCUT2D eigenvalue weighted by Gasteiger charge is -2.32. The van der Waals surface area contributed by atoms with Crippen molar-refractivity contribution in [2.24, 2.45) is 5.73 Å². The van der Waals surface area contributed by atoms with E-state index in [-0.39, 0.29) is 23.9 Å². The van der Waals surface area contributed by atoms with E-state index in [4.69, 9.17) is 15.2 Å². The molecule has 3 heterocycles. The van der Waals surface area contributed by atoms with Gasteiger partial charge in [0.1, 0.15) is 23.6 Å². The maximum absolute atomic E-state index is 14.2. The summed E-state index contributed by atoms with van der Waals surface area (Å²) in [5.74, 6) is -1.21. The number of hydrogen-bond acceptors (Lipinski definition) is 7. The second kappa shape index (κ2) is 7.24. The predicted molar refractivity (Wildman–Crippen MR) is 118 cm³/mol. The average Bonchev–Trinajstić information content (AvgIpc) is 3.34. The second-order valence-electron chi connectivity index (χ2n) is 7.83. The zero-order valence-electron chi connectivity index (χ0n) is 17.9. The Bertz CT molecular complexity index is 1380. The molecular weight excluding hydrogens is 422 g/mol. The summed E-state index contributed by atoms with van der Waals surface area (Å²) in [6.07, 6.45) is 0. The largest absolute Gasteiger partial charge is 0.468 e. The fraction of sp³-hybridized carbons (Fsp3) is 0.167. The number of ether oxygens (including phenoxy) is 2. The minimum absolute atomic E-state index is 0.0606. The number of nitrogens with zero attached hydrogens (tertiary/aromatic N) is 3. The minimum atomic E-state index is -1.63. The summed E-state index contributed by atoms with van der Waals surface area (Å²) in [4.78, 5) is 27.7. The van der Waals surface area contributed by atoms with Crippen LogP contribution in [0.1, 0.15) is 16.7 Å². The minimum Gasteiger partial charge on any atom is -0.468 e. The third-order valence-electron chi connectivity index (χ3n) is 6.07. The zero-order valence-corrected chi connectivity index (χ0v) is 17.9. The number of aryl methyl sites for hydroxylation is 1. The number of benzene rings is 2. The number of H-pyrrole nitrogens is 1. The number of rotatable bonds is 3. The van der Waals surface area contributed by atoms with Crippen molar-refractivity contribution in [2.45, 2.75) is 12.3 Å². The smallest absolute Gasteiger partial charge is 0.325 e. The number of anilines is 1. The van der Waals surface area contributed by atoms with Crippen LogP contribution in [-0.2, 0) is 19.7 Å². The Morgan fingerprint density at radius 1 is 1.27 bits per heavy atom. The van der Waals surface area contributed by atoms with Crippen LogP contribution in [0.2, 0.25) is 0 Å². The molecule has 0 saturated heterocycles. The summed E-state index contributed by atoms with van der Waals surface area (Å²) in [5.41, 5.74) is 8.15. The van der Waals surface area contributed by atoms with E-state index in [0.717, 1.165) is 11.1 Å². The van der Waals surface area contributed by atoms with Gasteiger partial charge in [-0.25, -0.2) is 0 Å². The van der Waals surface area contributed by atoms with Crippen LogP contribution in [0, 0.1) is 18.3 Å². The van der Waals surface area contributed by atoms with Crippen LogP contribution in [-0.4, -0.2) is 35.7 Å². The van der Waals surface area contributed by atoms with Crippen molar-refractivity contribution in [1.82, 2.24) is 10.2 Å². The molecule has 0 bridgehead atoms. The number of methoxy groups -OCH3 is 1. The molecule has 2 aliphatic heterocycles. The van der Waals surface area contributed by atoms with Gasteiger partial charge in [0.15, 0.2) is 0 Å². The Labute approximate surface area is 189 Å². The number of nitrogens with two attached hydrogens (primary N) is 1. The van der Waals surface area contributed by atoms with E-state index in [2.05, 4.69) is 16.3 Å². The summed E-state index contributed by atoms with van der Waals surface area (Å²) in [6.45, 7) is 1.65. The molecule has 2 aliphatic rings. The van der Waals surface area contributed by atoms with Crippen LogP contribution in [0.4, 0.5) is 5.69 Å². The van der Waals surface area contributed by atoms with Gasteiger partial charge in [0, 0.05) is 16.8 Å². The molecule has 1 amide bonds. The lowest BCUT2D eigenvalue weighted by atomic mass is 9.68. The van der Waals surface area contributed by atoms with E-state index in [1.807, 2.05) is 31.2 Å². The molecule has 0 fully saturated rings. The molecule has 0 unspecified atom stereocenters. The Morgan fingerprint density at radius 2 is 2.00 bits per heavy atom. The molecule has 0 radical (unpaired) electrons. The number of nitriles is 1. The Kier molecular flexibility index (Phi) is 4.46. The van der Waals surface area contributed by atoms with Gasteiger partial charge in [0.25, 0.3) is 0 Å².